The van der Waals surface area contributed by atoms with E-state index in [2.05, 4.69) is 24.1 Å². The van der Waals surface area contributed by atoms with Crippen LogP contribution < -0.4 is 5.32 Å². The number of nitrogens with one attached hydrogen (secondary N) is 1. The van der Waals surface area contributed by atoms with Crippen LogP contribution in [0.1, 0.15) is 54.7 Å². The van der Waals surface area contributed by atoms with Crippen LogP contribution in [0, 0.1) is 5.82 Å². The molecule has 0 radical (unpaired) electrons. The number of carbonyl (C=O) groups excluding carboxylic acids is 1. The Hall–Kier alpha value is -3.22. The lowest BCUT2D eigenvalue weighted by Gasteiger charge is -2.37. The molecule has 4 rings (SSSR count). The molecular weight excluding hydrogens is 465 g/mol. The second kappa shape index (κ2) is 13.9. The van der Waals surface area contributed by atoms with Crippen molar-refractivity contribution in [3.05, 3.63) is 101 Å². The molecule has 1 saturated heterocycles. The number of carbonyl (C=O) groups is 1. The molecule has 2 atom stereocenters. The van der Waals surface area contributed by atoms with E-state index in [-0.39, 0.29) is 17.5 Å². The van der Waals surface area contributed by atoms with Gasteiger partial charge in [0.05, 0.1) is 0 Å². The first-order valence-corrected chi connectivity index (χ1v) is 13.2. The highest BCUT2D eigenvalue weighted by Gasteiger charge is 2.22. The Morgan fingerprint density at radius 3 is 2.30 bits per heavy atom. The van der Waals surface area contributed by atoms with Crippen molar-refractivity contribution in [2.24, 2.45) is 0 Å². The van der Waals surface area contributed by atoms with E-state index in [1.165, 1.54) is 6.07 Å². The molecule has 1 fully saturated rings. The Labute approximate surface area is 220 Å². The van der Waals surface area contributed by atoms with E-state index in [1.54, 1.807) is 24.3 Å². The lowest BCUT2D eigenvalue weighted by molar-refractivity contribution is 0.0773. The molecule has 0 spiro atoms. The number of benzene rings is 3. The standard InChI is InChI=1S/C18H21NO2.C13H19FN2/c1-3-19(4-2)18(21)16-10-8-14(9-11-16)12-15-6-5-7-17(20)13-15;1-10-8-16(11(2)7-15-10)9-12-4-3-5-13(14)6-12/h5-11,13,20H,3-4,12H2,1-2H3;3-6,10-11,15H,7-9H2,1-2H3/t;10?,11-/m.1/s1. The second-order valence-electron chi connectivity index (χ2n) is 9.74. The molecule has 3 aromatic carbocycles. The molecule has 0 aliphatic carbocycles. The Morgan fingerprint density at radius 2 is 1.65 bits per heavy atom. The van der Waals surface area contributed by atoms with E-state index in [4.69, 9.17) is 0 Å². The van der Waals surface area contributed by atoms with Crippen molar-refractivity contribution in [3.8, 4) is 5.75 Å². The number of nitrogens with zero attached hydrogens (tertiary/aromatic N) is 2. The molecule has 2 N–H and O–H groups in total. The summed E-state index contributed by atoms with van der Waals surface area (Å²) < 4.78 is 13.1. The molecule has 198 valence electrons. The van der Waals surface area contributed by atoms with Gasteiger partial charge in [-0.25, -0.2) is 4.39 Å². The van der Waals surface area contributed by atoms with Crippen LogP contribution >= 0.6 is 0 Å². The predicted molar refractivity (Wildman–Crippen MR) is 148 cm³/mol. The van der Waals surface area contributed by atoms with Crippen molar-refractivity contribution < 1.29 is 14.3 Å². The average molecular weight is 506 g/mol. The molecule has 0 saturated carbocycles. The molecule has 1 unspecified atom stereocenters. The van der Waals surface area contributed by atoms with Gasteiger partial charge in [-0.2, -0.15) is 0 Å². The number of phenols is 1. The Kier molecular flexibility index (Phi) is 10.7. The fraction of sp³-hybridized carbons (Fsp3) is 0.387. The minimum absolute atomic E-state index is 0.0731. The number of aromatic hydroxyl groups is 1. The summed E-state index contributed by atoms with van der Waals surface area (Å²) in [6, 6.07) is 22.8. The molecule has 37 heavy (non-hydrogen) atoms. The summed E-state index contributed by atoms with van der Waals surface area (Å²) in [4.78, 5) is 16.4. The number of phenolic OH excluding ortho intramolecular Hbond substituents is 1. The van der Waals surface area contributed by atoms with E-state index in [0.717, 1.165) is 61.4 Å². The highest BCUT2D eigenvalue weighted by molar-refractivity contribution is 5.94. The number of hydrogen-bond acceptors (Lipinski definition) is 4. The summed E-state index contributed by atoms with van der Waals surface area (Å²) in [6.45, 7) is 12.7. The Morgan fingerprint density at radius 1 is 0.973 bits per heavy atom. The quantitative estimate of drug-likeness (QED) is 0.447. The smallest absolute Gasteiger partial charge is 0.253 e. The fourth-order valence-electron chi connectivity index (χ4n) is 4.55. The third-order valence-corrected chi connectivity index (χ3v) is 6.74. The Bertz CT molecular complexity index is 1130. The van der Waals surface area contributed by atoms with Crippen molar-refractivity contribution in [2.75, 3.05) is 26.2 Å². The monoisotopic (exact) mass is 505 g/mol. The number of rotatable bonds is 7. The molecule has 1 aliphatic heterocycles. The predicted octanol–water partition coefficient (Wildman–Crippen LogP) is 5.47. The maximum atomic E-state index is 13.1. The first kappa shape index (κ1) is 28.4. The van der Waals surface area contributed by atoms with E-state index in [1.807, 2.05) is 61.2 Å². The summed E-state index contributed by atoms with van der Waals surface area (Å²) in [7, 11) is 0. The summed E-state index contributed by atoms with van der Waals surface area (Å²) in [5.41, 5.74) is 3.95. The largest absolute Gasteiger partial charge is 0.508 e. The number of hydrogen-bond donors (Lipinski definition) is 2. The van der Waals surface area contributed by atoms with Crippen molar-refractivity contribution in [3.63, 3.8) is 0 Å². The van der Waals surface area contributed by atoms with Crippen LogP contribution in [0.2, 0.25) is 0 Å². The molecule has 6 heteroatoms. The average Bonchev–Trinajstić information content (AvgIpc) is 2.88. The van der Waals surface area contributed by atoms with E-state index in [9.17, 15) is 14.3 Å². The number of halogens is 1. The van der Waals surface area contributed by atoms with Crippen molar-refractivity contribution in [1.82, 2.24) is 15.1 Å². The summed E-state index contributed by atoms with van der Waals surface area (Å²) in [5, 5.41) is 12.9. The van der Waals surface area contributed by atoms with E-state index in [0.29, 0.717) is 12.1 Å². The third-order valence-electron chi connectivity index (χ3n) is 6.74. The Balaban J connectivity index is 0.000000213. The summed E-state index contributed by atoms with van der Waals surface area (Å²) in [6.07, 6.45) is 0.744. The molecular formula is C31H40FN3O2. The van der Waals surface area contributed by atoms with Crippen LogP contribution in [-0.2, 0) is 13.0 Å². The van der Waals surface area contributed by atoms with Crippen molar-refractivity contribution in [1.29, 1.82) is 0 Å². The SMILES string of the molecule is CC1CN(Cc2cccc(F)c2)[C@H](C)CN1.CCN(CC)C(=O)c1ccc(Cc2cccc(O)c2)cc1. The molecule has 1 heterocycles. The molecule has 1 aliphatic rings. The lowest BCUT2D eigenvalue weighted by atomic mass is 10.0. The van der Waals surface area contributed by atoms with Gasteiger partial charge in [-0.15, -0.1) is 0 Å². The molecule has 1 amide bonds. The summed E-state index contributed by atoms with van der Waals surface area (Å²) in [5.74, 6) is 0.207. The molecule has 0 bridgehead atoms. The zero-order valence-corrected chi connectivity index (χ0v) is 22.5. The fourth-order valence-corrected chi connectivity index (χ4v) is 4.55. The first-order chi connectivity index (χ1) is 17.8. The topological polar surface area (TPSA) is 55.8 Å². The van der Waals surface area contributed by atoms with Crippen LogP contribution in [-0.4, -0.2) is 59.1 Å². The minimum atomic E-state index is -0.145. The van der Waals surface area contributed by atoms with Gasteiger partial charge in [0.25, 0.3) is 5.91 Å². The van der Waals surface area contributed by atoms with Gasteiger partial charge in [-0.05, 0) is 87.2 Å². The first-order valence-electron chi connectivity index (χ1n) is 13.2. The van der Waals surface area contributed by atoms with E-state index < -0.39 is 0 Å². The van der Waals surface area contributed by atoms with Crippen LogP contribution in [0.5, 0.6) is 5.75 Å². The molecule has 3 aromatic rings. The van der Waals surface area contributed by atoms with Gasteiger partial charge in [-0.3, -0.25) is 9.69 Å². The maximum absolute atomic E-state index is 13.1. The van der Waals surface area contributed by atoms with Gasteiger partial charge in [0.15, 0.2) is 0 Å². The highest BCUT2D eigenvalue weighted by atomic mass is 19.1. The van der Waals surface area contributed by atoms with Crippen LogP contribution in [0.3, 0.4) is 0 Å². The van der Waals surface area contributed by atoms with Gasteiger partial charge in [0.1, 0.15) is 11.6 Å². The number of piperazine rings is 1. The van der Waals surface area contributed by atoms with Gasteiger partial charge in [0.2, 0.25) is 0 Å². The number of amides is 1. The highest BCUT2D eigenvalue weighted by Crippen LogP contribution is 2.16. The lowest BCUT2D eigenvalue weighted by Crippen LogP contribution is -2.53. The maximum Gasteiger partial charge on any atom is 0.253 e. The zero-order valence-electron chi connectivity index (χ0n) is 22.5. The zero-order chi connectivity index (χ0) is 26.8. The molecule has 0 aromatic heterocycles. The van der Waals surface area contributed by atoms with Crippen molar-refractivity contribution in [2.45, 2.75) is 52.7 Å². The van der Waals surface area contributed by atoms with Crippen LogP contribution in [0.25, 0.3) is 0 Å². The molecule has 5 nitrogen and oxygen atoms in total. The third kappa shape index (κ3) is 8.69. The van der Waals surface area contributed by atoms with Crippen LogP contribution in [0.15, 0.2) is 72.8 Å². The van der Waals surface area contributed by atoms with Gasteiger partial charge >= 0.3 is 0 Å². The van der Waals surface area contributed by atoms with Crippen molar-refractivity contribution >= 4 is 5.91 Å². The van der Waals surface area contributed by atoms with Gasteiger partial charge < -0.3 is 15.3 Å². The normalized spacial score (nSPS) is 17.5. The van der Waals surface area contributed by atoms with E-state index >= 15 is 0 Å². The summed E-state index contributed by atoms with van der Waals surface area (Å²) >= 11 is 0. The van der Waals surface area contributed by atoms with Crippen LogP contribution in [0.4, 0.5) is 4.39 Å². The minimum Gasteiger partial charge on any atom is -0.508 e. The van der Waals surface area contributed by atoms with Gasteiger partial charge in [0, 0.05) is 50.4 Å². The second-order valence-corrected chi connectivity index (χ2v) is 9.74. The van der Waals surface area contributed by atoms with Gasteiger partial charge in [-0.1, -0.05) is 36.4 Å².